The second kappa shape index (κ2) is 20.5. The number of allylic oxidation sites excluding steroid dienone is 9. The minimum Gasteiger partial charge on any atom is -0.396 e. The average Bonchev–Trinajstić information content (AvgIpc) is 3.55. The van der Waals surface area contributed by atoms with Crippen LogP contribution < -0.4 is 10.6 Å². The van der Waals surface area contributed by atoms with Crippen molar-refractivity contribution in [3.8, 4) is 0 Å². The van der Waals surface area contributed by atoms with E-state index in [1.165, 1.54) is 11.1 Å². The van der Waals surface area contributed by atoms with Crippen molar-refractivity contribution < 1.29 is 39.8 Å². The first kappa shape index (κ1) is 46.0. The molecule has 1 aromatic carbocycles. The number of nitrogens with one attached hydrogen (secondary N) is 2. The van der Waals surface area contributed by atoms with Crippen LogP contribution in [0.15, 0.2) is 95.2 Å². The predicted octanol–water partition coefficient (Wildman–Crippen LogP) is 5.26. The number of hydrogen-bond donors (Lipinski definition) is 7. The van der Waals surface area contributed by atoms with E-state index in [-0.39, 0.29) is 48.3 Å². The highest BCUT2D eigenvalue weighted by Gasteiger charge is 2.68. The summed E-state index contributed by atoms with van der Waals surface area (Å²) in [6.45, 7) is 11.1. The van der Waals surface area contributed by atoms with Crippen LogP contribution in [-0.2, 0) is 27.1 Å². The molecule has 0 radical (unpaired) electrons. The Morgan fingerprint density at radius 2 is 1.93 bits per heavy atom. The molecule has 4 bridgehead atoms. The Kier molecular flexibility index (Phi) is 16.3. The summed E-state index contributed by atoms with van der Waals surface area (Å²) in [4.78, 5) is 12.4. The molecule has 10 unspecified atom stereocenters. The van der Waals surface area contributed by atoms with Crippen LogP contribution >= 0.6 is 0 Å². The summed E-state index contributed by atoms with van der Waals surface area (Å²) in [5, 5.41) is 63.5. The third-order valence-electron chi connectivity index (χ3n) is 13.9. The maximum atomic E-state index is 12.9. The Balaban J connectivity index is 1.47. The Labute approximate surface area is 346 Å². The highest BCUT2D eigenvalue weighted by atomic mass is 16.6. The van der Waals surface area contributed by atoms with Gasteiger partial charge in [0, 0.05) is 43.1 Å². The molecule has 10 atom stereocenters. The van der Waals surface area contributed by atoms with Crippen LogP contribution in [0, 0.1) is 35.0 Å². The highest BCUT2D eigenvalue weighted by Crippen LogP contribution is 2.67. The Hall–Kier alpha value is -3.03. The molecule has 0 saturated heterocycles. The van der Waals surface area contributed by atoms with E-state index in [2.05, 4.69) is 66.6 Å². The van der Waals surface area contributed by atoms with Crippen molar-refractivity contribution in [3.63, 3.8) is 0 Å². The molecule has 1 aliphatic heterocycles. The lowest BCUT2D eigenvalue weighted by Crippen LogP contribution is -2.65. The van der Waals surface area contributed by atoms with Crippen molar-refractivity contribution in [1.82, 2.24) is 10.6 Å². The molecule has 0 aromatic heterocycles. The van der Waals surface area contributed by atoms with Gasteiger partial charge in [0.15, 0.2) is 0 Å². The predicted molar refractivity (Wildman–Crippen MR) is 229 cm³/mol. The van der Waals surface area contributed by atoms with Gasteiger partial charge in [0.1, 0.15) is 19.3 Å². The van der Waals surface area contributed by atoms with E-state index in [1.54, 1.807) is 7.11 Å². The fourth-order valence-corrected chi connectivity index (χ4v) is 10.9. The van der Waals surface area contributed by atoms with Gasteiger partial charge in [-0.25, -0.2) is 0 Å². The molecule has 10 nitrogen and oxygen atoms in total. The lowest BCUT2D eigenvalue weighted by molar-refractivity contribution is -0.194. The van der Waals surface area contributed by atoms with Crippen LogP contribution in [0.1, 0.15) is 76.8 Å². The van der Waals surface area contributed by atoms with Gasteiger partial charge in [0.05, 0.1) is 18.3 Å². The van der Waals surface area contributed by atoms with Crippen molar-refractivity contribution in [3.05, 3.63) is 106 Å². The second-order valence-electron chi connectivity index (χ2n) is 17.7. The molecule has 5 rings (SSSR count). The smallest absolute Gasteiger partial charge is 0.145 e. The number of hydrogen-bond acceptors (Lipinski definition) is 10. The van der Waals surface area contributed by atoms with Crippen LogP contribution in [0.25, 0.3) is 0 Å². The minimum absolute atomic E-state index is 0.0466. The Morgan fingerprint density at radius 3 is 2.64 bits per heavy atom. The van der Waals surface area contributed by atoms with Gasteiger partial charge in [-0.2, -0.15) is 0 Å². The van der Waals surface area contributed by atoms with Gasteiger partial charge < -0.3 is 40.3 Å². The molecule has 7 N–H and O–H groups in total. The molecule has 4 aliphatic rings. The fraction of sp³-hybridized carbons (Fsp3) is 0.604. The van der Waals surface area contributed by atoms with Crippen molar-refractivity contribution >= 4 is 6.29 Å². The summed E-state index contributed by atoms with van der Waals surface area (Å²) in [5.41, 5.74) is 3.95. The number of rotatable bonds is 16. The summed E-state index contributed by atoms with van der Waals surface area (Å²) in [7, 11) is 3.55. The highest BCUT2D eigenvalue weighted by molar-refractivity contribution is 5.74. The molecule has 320 valence electrons. The van der Waals surface area contributed by atoms with Crippen LogP contribution in [0.3, 0.4) is 0 Å². The van der Waals surface area contributed by atoms with Gasteiger partial charge in [-0.3, -0.25) is 10.1 Å². The third-order valence-corrected chi connectivity index (χ3v) is 13.9. The van der Waals surface area contributed by atoms with Gasteiger partial charge in [-0.15, -0.1) is 0 Å². The van der Waals surface area contributed by atoms with E-state index in [0.29, 0.717) is 57.2 Å². The molecule has 0 amide bonds. The van der Waals surface area contributed by atoms with E-state index in [4.69, 9.17) is 9.47 Å². The maximum Gasteiger partial charge on any atom is 0.145 e. The first-order valence-electron chi connectivity index (χ1n) is 21.2. The summed E-state index contributed by atoms with van der Waals surface area (Å²) in [5.74, 6) is -0.978. The lowest BCUT2D eigenvalue weighted by atomic mass is 9.45. The fourth-order valence-electron chi connectivity index (χ4n) is 10.9. The van der Waals surface area contributed by atoms with Crippen molar-refractivity contribution in [2.75, 3.05) is 47.3 Å². The first-order chi connectivity index (χ1) is 27.8. The largest absolute Gasteiger partial charge is 0.396 e. The van der Waals surface area contributed by atoms with Gasteiger partial charge in [0.25, 0.3) is 0 Å². The number of fused-ring (bicyclic) bond motifs is 5. The van der Waals surface area contributed by atoms with E-state index in [0.717, 1.165) is 47.8 Å². The zero-order valence-corrected chi connectivity index (χ0v) is 35.5. The van der Waals surface area contributed by atoms with Crippen molar-refractivity contribution in [2.24, 2.45) is 35.0 Å². The molecule has 1 spiro atoms. The van der Waals surface area contributed by atoms with Gasteiger partial charge in [-0.05, 0) is 138 Å². The van der Waals surface area contributed by atoms with Gasteiger partial charge in [0.2, 0.25) is 0 Å². The van der Waals surface area contributed by atoms with E-state index < -0.39 is 30.1 Å². The third kappa shape index (κ3) is 9.94. The van der Waals surface area contributed by atoms with Crippen LogP contribution in [0.2, 0.25) is 0 Å². The number of benzene rings is 1. The molecule has 1 aromatic rings. The zero-order valence-electron chi connectivity index (χ0n) is 35.5. The number of ether oxygens (including phenoxy) is 2. The van der Waals surface area contributed by atoms with E-state index >= 15 is 0 Å². The van der Waals surface area contributed by atoms with E-state index in [1.807, 2.05) is 39.1 Å². The van der Waals surface area contributed by atoms with Crippen LogP contribution in [-0.4, -0.2) is 103 Å². The number of aliphatic hydroxyl groups excluding tert-OH is 4. The van der Waals surface area contributed by atoms with Gasteiger partial charge >= 0.3 is 0 Å². The maximum absolute atomic E-state index is 12.9. The topological polar surface area (TPSA) is 161 Å². The Bertz CT molecular complexity index is 1730. The first-order valence-corrected chi connectivity index (χ1v) is 21.2. The second-order valence-corrected chi connectivity index (χ2v) is 17.7. The quantitative estimate of drug-likeness (QED) is 0.0386. The summed E-state index contributed by atoms with van der Waals surface area (Å²) < 4.78 is 11.0. The number of carbonyl (C=O) groups excluding carboxylic acids is 1. The monoisotopic (exact) mass is 803 g/mol. The SMILES string of the molecule is C=C(C=CC=C(COCO)C1CCC2(C1O)C1C(=C(C)C=O)C(C=CC1CCO)CC2(O)CCNC)C1CC=C(C)C(O)NC(C)(CCOC)Cc2cccc(c2)C1. The number of carbonyl (C=O) groups is 1. The lowest BCUT2D eigenvalue weighted by Gasteiger charge is -2.61. The molecular weight excluding hydrogens is 733 g/mol. The molecule has 10 heteroatoms. The van der Waals surface area contributed by atoms with Crippen molar-refractivity contribution in [1.29, 1.82) is 0 Å². The normalized spacial score (nSPS) is 35.1. The average molecular weight is 803 g/mol. The zero-order chi connectivity index (χ0) is 42.1. The van der Waals surface area contributed by atoms with Crippen LogP contribution in [0.5, 0.6) is 0 Å². The van der Waals surface area contributed by atoms with Crippen molar-refractivity contribution in [2.45, 2.75) is 102 Å². The molecule has 3 aliphatic carbocycles. The molecule has 2 saturated carbocycles. The standard InChI is InChI=1S/C48H70N2O8/c1-32(38-14-13-33(2)45(55)50-46(4,21-24-57-6)27-36-11-8-10-35(25-36)26-38)9-7-12-40(30-58-31-53)41-17-19-48(44(41)54)43-37(18-23-51)15-16-39(42(43)34(3)29-52)28-47(48,56)20-22-49-5/h7-13,15-16,25,29,37-39,41,43-45,49-51,53-56H,1,14,17-24,26-28,30-31H2,2-6H3. The summed E-state index contributed by atoms with van der Waals surface area (Å²) >= 11 is 0. The van der Waals surface area contributed by atoms with Gasteiger partial charge in [-0.1, -0.05) is 78.4 Å². The van der Waals surface area contributed by atoms with E-state index in [9.17, 15) is 30.3 Å². The molecule has 1 heterocycles. The molecule has 58 heavy (non-hydrogen) atoms. The minimum atomic E-state index is -1.25. The number of aliphatic hydroxyl groups is 5. The molecule has 2 fully saturated rings. The Morgan fingerprint density at radius 1 is 1.16 bits per heavy atom. The summed E-state index contributed by atoms with van der Waals surface area (Å²) in [6, 6.07) is 8.63. The number of aldehydes is 1. The van der Waals surface area contributed by atoms with Crippen LogP contribution in [0.4, 0.5) is 0 Å². The summed E-state index contributed by atoms with van der Waals surface area (Å²) in [6.07, 6.45) is 16.6. The number of methoxy groups -OCH3 is 1. The molecular formula is C48H70N2O8.